The largest absolute Gasteiger partial charge is 0.487 e. The molecule has 0 aliphatic carbocycles. The summed E-state index contributed by atoms with van der Waals surface area (Å²) < 4.78 is 5.76. The Morgan fingerprint density at radius 2 is 1.81 bits per heavy atom. The van der Waals surface area contributed by atoms with E-state index in [0.717, 1.165) is 11.3 Å². The number of ether oxygens (including phenoxy) is 1. The second-order valence-electron chi connectivity index (χ2n) is 6.47. The van der Waals surface area contributed by atoms with Gasteiger partial charge in [0.05, 0.1) is 15.7 Å². The van der Waals surface area contributed by atoms with E-state index >= 15 is 0 Å². The van der Waals surface area contributed by atoms with Crippen LogP contribution in [0.2, 0.25) is 10.0 Å². The van der Waals surface area contributed by atoms with Gasteiger partial charge in [-0.2, -0.15) is 5.11 Å². The number of nitrogens with one attached hydrogen (secondary N) is 3. The monoisotopic (exact) mass is 473 g/mol. The van der Waals surface area contributed by atoms with Crippen LogP contribution in [0.4, 0.5) is 5.69 Å². The van der Waals surface area contributed by atoms with Crippen molar-refractivity contribution in [2.75, 3.05) is 5.32 Å². The molecule has 3 aromatic rings. The second-order valence-corrected chi connectivity index (χ2v) is 7.29. The number of nitrogens with zero attached hydrogens (tertiary/aromatic N) is 4. The van der Waals surface area contributed by atoms with Crippen molar-refractivity contribution in [3.05, 3.63) is 76.5 Å². The Labute approximate surface area is 194 Å². The quantitative estimate of drug-likeness (QED) is 0.126. The molecule has 12 heteroatoms. The average molecular weight is 474 g/mol. The Hall–Kier alpha value is -3.31. The molecule has 0 saturated heterocycles. The van der Waals surface area contributed by atoms with Gasteiger partial charge in [0.15, 0.2) is 0 Å². The van der Waals surface area contributed by atoms with Crippen LogP contribution < -0.4 is 26.9 Å². The molecule has 166 valence electrons. The molecule has 0 bridgehead atoms. The summed E-state index contributed by atoms with van der Waals surface area (Å²) in [4.78, 5) is 4.23. The second kappa shape index (κ2) is 11.3. The predicted molar refractivity (Wildman–Crippen MR) is 123 cm³/mol. The van der Waals surface area contributed by atoms with Crippen LogP contribution in [0.3, 0.4) is 0 Å². The fraction of sp³-hybridized carbons (Fsp3) is 0.150. The molecule has 3 rings (SSSR count). The Kier molecular flexibility index (Phi) is 8.28. The summed E-state index contributed by atoms with van der Waals surface area (Å²) in [6.45, 7) is 0.372. The number of benzene rings is 2. The fourth-order valence-electron chi connectivity index (χ4n) is 2.83. The van der Waals surface area contributed by atoms with Gasteiger partial charge in [-0.25, -0.2) is 10.8 Å². The zero-order chi connectivity index (χ0) is 22.9. The highest BCUT2D eigenvalue weighted by Crippen LogP contribution is 2.38. The maximum atomic E-state index is 7.03. The minimum absolute atomic E-state index is 0.372. The van der Waals surface area contributed by atoms with E-state index in [2.05, 4.69) is 31.1 Å². The Morgan fingerprint density at radius 1 is 1.09 bits per heavy atom. The van der Waals surface area contributed by atoms with E-state index < -0.39 is 12.6 Å². The average Bonchev–Trinajstić information content (AvgIpc) is 2.78. The van der Waals surface area contributed by atoms with Crippen LogP contribution >= 0.6 is 23.2 Å². The van der Waals surface area contributed by atoms with E-state index in [1.165, 1.54) is 0 Å². The predicted octanol–water partition coefficient (Wildman–Crippen LogP) is 4.52. The summed E-state index contributed by atoms with van der Waals surface area (Å²) in [5, 5.41) is 16.3. The summed E-state index contributed by atoms with van der Waals surface area (Å²) in [7, 11) is 0. The van der Waals surface area contributed by atoms with Gasteiger partial charge in [-0.3, -0.25) is 10.7 Å². The maximum absolute atomic E-state index is 7.03. The summed E-state index contributed by atoms with van der Waals surface area (Å²) in [5.41, 5.74) is 15.9. The molecule has 1 heterocycles. The van der Waals surface area contributed by atoms with E-state index in [1.807, 2.05) is 42.5 Å². The smallest absolute Gasteiger partial charge is 0.237 e. The number of hydrogen-bond donors (Lipinski definition) is 5. The Morgan fingerprint density at radius 3 is 2.41 bits per heavy atom. The molecule has 7 N–H and O–H groups in total. The highest BCUT2D eigenvalue weighted by molar-refractivity contribution is 6.39. The third kappa shape index (κ3) is 6.34. The molecule has 0 amide bonds. The lowest BCUT2D eigenvalue weighted by Gasteiger charge is -2.19. The molecule has 0 spiro atoms. The number of hydrogen-bond acceptors (Lipinski definition) is 9. The molecule has 2 aromatic carbocycles. The van der Waals surface area contributed by atoms with Crippen LogP contribution in [0, 0.1) is 5.53 Å². The van der Waals surface area contributed by atoms with Crippen molar-refractivity contribution in [2.24, 2.45) is 27.0 Å². The van der Waals surface area contributed by atoms with Crippen molar-refractivity contribution in [3.63, 3.8) is 0 Å². The Balaban J connectivity index is 1.68. The summed E-state index contributed by atoms with van der Waals surface area (Å²) in [5.74, 6) is 5.67. The van der Waals surface area contributed by atoms with E-state index in [-0.39, 0.29) is 0 Å². The number of pyridine rings is 1. The van der Waals surface area contributed by atoms with Crippen LogP contribution in [0.15, 0.2) is 76.2 Å². The van der Waals surface area contributed by atoms with Gasteiger partial charge in [0.1, 0.15) is 18.6 Å². The highest BCUT2D eigenvalue weighted by atomic mass is 35.5. The summed E-state index contributed by atoms with van der Waals surface area (Å²) >= 11 is 13.0. The molecule has 2 unspecified atom stereocenters. The molecule has 0 radical (unpaired) electrons. The number of aromatic nitrogens is 1. The van der Waals surface area contributed by atoms with Gasteiger partial charge in [-0.1, -0.05) is 46.6 Å². The number of halogens is 2. The molecular weight excluding hydrogens is 453 g/mol. The van der Waals surface area contributed by atoms with E-state index in [4.69, 9.17) is 45.0 Å². The number of anilines is 1. The van der Waals surface area contributed by atoms with Crippen molar-refractivity contribution >= 4 is 28.9 Å². The maximum Gasteiger partial charge on any atom is 0.237 e. The first kappa shape index (κ1) is 23.4. The topological polar surface area (TPSA) is 159 Å². The summed E-state index contributed by atoms with van der Waals surface area (Å²) in [6.07, 6.45) is -0.0963. The van der Waals surface area contributed by atoms with Crippen molar-refractivity contribution < 1.29 is 4.74 Å². The van der Waals surface area contributed by atoms with Gasteiger partial charge in [-0.15, -0.1) is 5.11 Å². The molecule has 0 fully saturated rings. The first-order valence-corrected chi connectivity index (χ1v) is 10.1. The first-order chi connectivity index (χ1) is 15.5. The number of rotatable bonds is 10. The SMILES string of the molecule is N=NC(N=NN)NC(N)Nc1cc(Cl)c(-c2ccc(OCc3ccccn3)cc2)c(Cl)c1. The van der Waals surface area contributed by atoms with Crippen molar-refractivity contribution in [3.8, 4) is 16.9 Å². The third-order valence-corrected chi connectivity index (χ3v) is 4.84. The van der Waals surface area contributed by atoms with Crippen molar-refractivity contribution in [2.45, 2.75) is 19.2 Å². The van der Waals surface area contributed by atoms with Crippen LogP contribution in [0.1, 0.15) is 5.69 Å². The lowest BCUT2D eigenvalue weighted by molar-refractivity contribution is 0.301. The lowest BCUT2D eigenvalue weighted by atomic mass is 10.0. The van der Waals surface area contributed by atoms with Gasteiger partial charge in [0.2, 0.25) is 6.29 Å². The van der Waals surface area contributed by atoms with E-state index in [0.29, 0.717) is 33.7 Å². The zero-order valence-corrected chi connectivity index (χ0v) is 18.3. The summed E-state index contributed by atoms with van der Waals surface area (Å²) in [6, 6.07) is 16.5. The molecule has 0 aliphatic rings. The van der Waals surface area contributed by atoms with Gasteiger partial charge >= 0.3 is 0 Å². The lowest BCUT2D eigenvalue weighted by Crippen LogP contribution is -2.47. The van der Waals surface area contributed by atoms with Crippen LogP contribution in [-0.4, -0.2) is 17.6 Å². The van der Waals surface area contributed by atoms with Gasteiger partial charge in [0, 0.05) is 17.4 Å². The molecule has 2 atom stereocenters. The van der Waals surface area contributed by atoms with Crippen molar-refractivity contribution in [1.29, 1.82) is 5.53 Å². The zero-order valence-electron chi connectivity index (χ0n) is 16.7. The van der Waals surface area contributed by atoms with Gasteiger partial charge in [-0.05, 0) is 42.0 Å². The van der Waals surface area contributed by atoms with Gasteiger partial charge < -0.3 is 15.9 Å². The van der Waals surface area contributed by atoms with E-state index in [9.17, 15) is 0 Å². The molecule has 32 heavy (non-hydrogen) atoms. The van der Waals surface area contributed by atoms with Crippen LogP contribution in [-0.2, 0) is 6.61 Å². The van der Waals surface area contributed by atoms with Crippen LogP contribution in [0.25, 0.3) is 11.1 Å². The third-order valence-electron chi connectivity index (χ3n) is 4.25. The molecular formula is C20H21Cl2N9O. The van der Waals surface area contributed by atoms with E-state index in [1.54, 1.807) is 18.3 Å². The molecule has 0 saturated carbocycles. The first-order valence-electron chi connectivity index (χ1n) is 9.37. The Bertz CT molecular complexity index is 1040. The fourth-order valence-corrected chi connectivity index (χ4v) is 3.54. The molecule has 1 aromatic heterocycles. The minimum Gasteiger partial charge on any atom is -0.487 e. The molecule has 10 nitrogen and oxygen atoms in total. The standard InChI is InChI=1S/C20H21Cl2N9O/c21-16-9-14(27-19(23)28-20(29-24)30-31-25)10-17(22)18(16)12-4-6-15(7-5-12)32-11-13-3-1-2-8-26-13/h1-10,19-20,24,27-28H,11,23H2,(H2,25,30). The normalized spacial score (nSPS) is 13.0. The molecule has 0 aliphatic heterocycles. The van der Waals surface area contributed by atoms with Gasteiger partial charge in [0.25, 0.3) is 0 Å². The minimum atomic E-state index is -1.01. The van der Waals surface area contributed by atoms with Crippen LogP contribution in [0.5, 0.6) is 5.75 Å². The highest BCUT2D eigenvalue weighted by Gasteiger charge is 2.14. The number of nitrogens with two attached hydrogens (primary N) is 2. The van der Waals surface area contributed by atoms with Crippen molar-refractivity contribution in [1.82, 2.24) is 10.3 Å².